The summed E-state index contributed by atoms with van der Waals surface area (Å²) in [5, 5.41) is 0. The summed E-state index contributed by atoms with van der Waals surface area (Å²) < 4.78 is 0. The van der Waals surface area contributed by atoms with Gasteiger partial charge in [-0.3, -0.25) is 0 Å². The van der Waals surface area contributed by atoms with E-state index in [1.54, 1.807) is 6.92 Å². The van der Waals surface area contributed by atoms with Crippen LogP contribution in [0.1, 0.15) is 37.3 Å². The van der Waals surface area contributed by atoms with Crippen molar-refractivity contribution in [2.24, 2.45) is 0 Å². The summed E-state index contributed by atoms with van der Waals surface area (Å²) in [4.78, 5) is 12.1. The zero-order chi connectivity index (χ0) is 12.0. The molecular formula is C14H20OS. The standard InChI is InChI=1S/C14H20OS/c1-11-7-8-14(12(2)10-11)16-9-5-4-6-13(3)15/h7-8,10H,4-6,9H2,1-3H3. The second-order valence-electron chi connectivity index (χ2n) is 4.28. The molecule has 16 heavy (non-hydrogen) atoms. The topological polar surface area (TPSA) is 17.1 Å². The predicted molar refractivity (Wildman–Crippen MR) is 71.2 cm³/mol. The van der Waals surface area contributed by atoms with Crippen LogP contribution in [0, 0.1) is 13.8 Å². The van der Waals surface area contributed by atoms with E-state index in [0.29, 0.717) is 5.78 Å². The number of carbonyl (C=O) groups is 1. The molecule has 0 amide bonds. The summed E-state index contributed by atoms with van der Waals surface area (Å²) in [7, 11) is 0. The third-order valence-electron chi connectivity index (χ3n) is 2.51. The Kier molecular flexibility index (Phi) is 5.61. The molecule has 0 aliphatic rings. The summed E-state index contributed by atoms with van der Waals surface area (Å²) in [5.41, 5.74) is 2.68. The van der Waals surface area contributed by atoms with E-state index in [4.69, 9.17) is 0 Å². The summed E-state index contributed by atoms with van der Waals surface area (Å²) in [6, 6.07) is 6.57. The molecule has 0 fully saturated rings. The quantitative estimate of drug-likeness (QED) is 0.545. The number of ketones is 1. The summed E-state index contributed by atoms with van der Waals surface area (Å²) in [5.74, 6) is 1.41. The number of benzene rings is 1. The average molecular weight is 236 g/mol. The highest BCUT2D eigenvalue weighted by molar-refractivity contribution is 7.99. The highest BCUT2D eigenvalue weighted by Crippen LogP contribution is 2.24. The molecule has 0 N–H and O–H groups in total. The molecule has 0 bridgehead atoms. The van der Waals surface area contributed by atoms with Crippen LogP contribution in [0.3, 0.4) is 0 Å². The van der Waals surface area contributed by atoms with E-state index in [1.807, 2.05) is 11.8 Å². The lowest BCUT2D eigenvalue weighted by atomic mass is 10.2. The molecule has 0 aliphatic carbocycles. The maximum Gasteiger partial charge on any atom is 0.129 e. The number of hydrogen-bond acceptors (Lipinski definition) is 2. The van der Waals surface area contributed by atoms with Crippen molar-refractivity contribution < 1.29 is 4.79 Å². The van der Waals surface area contributed by atoms with E-state index in [1.165, 1.54) is 16.0 Å². The molecule has 0 aliphatic heterocycles. The second kappa shape index (κ2) is 6.74. The minimum Gasteiger partial charge on any atom is -0.300 e. The number of carbonyl (C=O) groups excluding carboxylic acids is 1. The second-order valence-corrected chi connectivity index (χ2v) is 5.41. The number of rotatable bonds is 6. The zero-order valence-electron chi connectivity index (χ0n) is 10.4. The fraction of sp³-hybridized carbons (Fsp3) is 0.500. The molecule has 1 aromatic carbocycles. The van der Waals surface area contributed by atoms with Crippen molar-refractivity contribution >= 4 is 17.5 Å². The van der Waals surface area contributed by atoms with E-state index in [9.17, 15) is 4.79 Å². The van der Waals surface area contributed by atoms with Crippen molar-refractivity contribution in [3.8, 4) is 0 Å². The van der Waals surface area contributed by atoms with E-state index < -0.39 is 0 Å². The van der Waals surface area contributed by atoms with Gasteiger partial charge in [0.25, 0.3) is 0 Å². The average Bonchev–Trinajstić information content (AvgIpc) is 2.20. The van der Waals surface area contributed by atoms with Gasteiger partial charge in [-0.1, -0.05) is 17.7 Å². The Bertz CT molecular complexity index is 358. The van der Waals surface area contributed by atoms with Crippen LogP contribution >= 0.6 is 11.8 Å². The Morgan fingerprint density at radius 2 is 2.00 bits per heavy atom. The van der Waals surface area contributed by atoms with Gasteiger partial charge in [-0.25, -0.2) is 0 Å². The largest absolute Gasteiger partial charge is 0.300 e. The first kappa shape index (κ1) is 13.3. The molecule has 0 aromatic heterocycles. The molecule has 0 saturated heterocycles. The smallest absolute Gasteiger partial charge is 0.129 e. The van der Waals surface area contributed by atoms with Crippen LogP contribution in [-0.2, 0) is 4.79 Å². The van der Waals surface area contributed by atoms with Gasteiger partial charge in [0.1, 0.15) is 5.78 Å². The van der Waals surface area contributed by atoms with Gasteiger partial charge >= 0.3 is 0 Å². The monoisotopic (exact) mass is 236 g/mol. The molecule has 0 spiro atoms. The highest BCUT2D eigenvalue weighted by Gasteiger charge is 1.99. The fourth-order valence-electron chi connectivity index (χ4n) is 1.62. The molecule has 88 valence electrons. The molecule has 0 heterocycles. The number of thioether (sulfide) groups is 1. The number of unbranched alkanes of at least 4 members (excludes halogenated alkanes) is 1. The Labute approximate surface area is 103 Å². The van der Waals surface area contributed by atoms with Gasteiger partial charge in [0.05, 0.1) is 0 Å². The highest BCUT2D eigenvalue weighted by atomic mass is 32.2. The third-order valence-corrected chi connectivity index (χ3v) is 3.77. The van der Waals surface area contributed by atoms with Gasteiger partial charge in [-0.2, -0.15) is 0 Å². The van der Waals surface area contributed by atoms with Crippen molar-refractivity contribution in [2.75, 3.05) is 5.75 Å². The summed E-state index contributed by atoms with van der Waals surface area (Å²) in [6.45, 7) is 5.94. The van der Waals surface area contributed by atoms with Crippen molar-refractivity contribution in [3.05, 3.63) is 29.3 Å². The first-order chi connectivity index (χ1) is 7.59. The molecule has 0 unspecified atom stereocenters. The van der Waals surface area contributed by atoms with Gasteiger partial charge in [0, 0.05) is 11.3 Å². The van der Waals surface area contributed by atoms with Gasteiger partial charge in [0.15, 0.2) is 0 Å². The third kappa shape index (κ3) is 4.84. The Balaban J connectivity index is 2.29. The van der Waals surface area contributed by atoms with Gasteiger partial charge in [-0.15, -0.1) is 11.8 Å². The van der Waals surface area contributed by atoms with Crippen molar-refractivity contribution in [1.82, 2.24) is 0 Å². The lowest BCUT2D eigenvalue weighted by Gasteiger charge is -2.06. The minimum atomic E-state index is 0.302. The first-order valence-electron chi connectivity index (χ1n) is 5.79. The van der Waals surface area contributed by atoms with E-state index in [-0.39, 0.29) is 0 Å². The molecule has 2 heteroatoms. The molecule has 1 nitrogen and oxygen atoms in total. The van der Waals surface area contributed by atoms with Gasteiger partial charge < -0.3 is 4.79 Å². The normalized spacial score (nSPS) is 10.4. The summed E-state index contributed by atoms with van der Waals surface area (Å²) in [6.07, 6.45) is 2.87. The zero-order valence-corrected chi connectivity index (χ0v) is 11.2. The van der Waals surface area contributed by atoms with E-state index in [0.717, 1.165) is 25.0 Å². The molecule has 0 atom stereocenters. The molecule has 0 radical (unpaired) electrons. The lowest BCUT2D eigenvalue weighted by molar-refractivity contribution is -0.117. The predicted octanol–water partition coefficient (Wildman–Crippen LogP) is 4.15. The van der Waals surface area contributed by atoms with E-state index in [2.05, 4.69) is 32.0 Å². The Morgan fingerprint density at radius 1 is 1.25 bits per heavy atom. The maximum absolute atomic E-state index is 10.8. The van der Waals surface area contributed by atoms with Crippen LogP contribution in [0.15, 0.2) is 23.1 Å². The SMILES string of the molecule is CC(=O)CCCCSc1ccc(C)cc1C. The number of hydrogen-bond donors (Lipinski definition) is 0. The maximum atomic E-state index is 10.8. The number of Topliss-reactive ketones (excluding diaryl/α,β-unsaturated/α-hetero) is 1. The van der Waals surface area contributed by atoms with Gasteiger partial charge in [-0.05, 0) is 51.0 Å². The van der Waals surface area contributed by atoms with Crippen LogP contribution in [0.5, 0.6) is 0 Å². The van der Waals surface area contributed by atoms with Crippen LogP contribution in [0.25, 0.3) is 0 Å². The molecule has 0 saturated carbocycles. The van der Waals surface area contributed by atoms with Crippen LogP contribution < -0.4 is 0 Å². The lowest BCUT2D eigenvalue weighted by Crippen LogP contribution is -1.90. The van der Waals surface area contributed by atoms with Crippen molar-refractivity contribution in [1.29, 1.82) is 0 Å². The molecular weight excluding hydrogens is 216 g/mol. The van der Waals surface area contributed by atoms with Crippen molar-refractivity contribution in [2.45, 2.75) is 44.9 Å². The Hall–Kier alpha value is -0.760. The molecule has 1 rings (SSSR count). The molecule has 1 aromatic rings. The summed E-state index contributed by atoms with van der Waals surface area (Å²) >= 11 is 1.90. The van der Waals surface area contributed by atoms with Gasteiger partial charge in [0.2, 0.25) is 0 Å². The van der Waals surface area contributed by atoms with Crippen LogP contribution in [-0.4, -0.2) is 11.5 Å². The van der Waals surface area contributed by atoms with Crippen molar-refractivity contribution in [3.63, 3.8) is 0 Å². The first-order valence-corrected chi connectivity index (χ1v) is 6.77. The minimum absolute atomic E-state index is 0.302. The van der Waals surface area contributed by atoms with Crippen LogP contribution in [0.4, 0.5) is 0 Å². The fourth-order valence-corrected chi connectivity index (χ4v) is 2.64. The van der Waals surface area contributed by atoms with Crippen LogP contribution in [0.2, 0.25) is 0 Å². The Morgan fingerprint density at radius 3 is 2.62 bits per heavy atom. The number of aryl methyl sites for hydroxylation is 2. The van der Waals surface area contributed by atoms with E-state index >= 15 is 0 Å².